The summed E-state index contributed by atoms with van der Waals surface area (Å²) in [5, 5.41) is 16.8. The van der Waals surface area contributed by atoms with Gasteiger partial charge in [0.15, 0.2) is 0 Å². The van der Waals surface area contributed by atoms with Crippen LogP contribution in [0.2, 0.25) is 0 Å². The van der Waals surface area contributed by atoms with E-state index in [1.54, 1.807) is 37.3 Å². The Bertz CT molecular complexity index is 1100. The number of rotatable bonds is 4. The lowest BCUT2D eigenvalue weighted by molar-refractivity contribution is -0.0498. The SMILES string of the molecule is Cc1c(/C=C/c2c(OC(F)F)ccc3ccccc23)n[nH]c(=O)c1C#N. The van der Waals surface area contributed by atoms with Crippen LogP contribution in [0.15, 0.2) is 41.2 Å². The fourth-order valence-electron chi connectivity index (χ4n) is 2.65. The first-order valence-corrected chi connectivity index (χ1v) is 7.65. The summed E-state index contributed by atoms with van der Waals surface area (Å²) in [5.74, 6) is 0.0255. The molecule has 2 aromatic carbocycles. The van der Waals surface area contributed by atoms with Gasteiger partial charge in [-0.3, -0.25) is 4.79 Å². The van der Waals surface area contributed by atoms with Crippen LogP contribution >= 0.6 is 0 Å². The first-order chi connectivity index (χ1) is 12.5. The topological polar surface area (TPSA) is 78.8 Å². The van der Waals surface area contributed by atoms with Crippen LogP contribution in [-0.2, 0) is 0 Å². The van der Waals surface area contributed by atoms with E-state index in [0.29, 0.717) is 16.8 Å². The van der Waals surface area contributed by atoms with Crippen LogP contribution < -0.4 is 10.3 Å². The van der Waals surface area contributed by atoms with Crippen molar-refractivity contribution in [2.45, 2.75) is 13.5 Å². The molecular weight excluding hydrogens is 340 g/mol. The smallest absolute Gasteiger partial charge is 0.387 e. The third-order valence-electron chi connectivity index (χ3n) is 3.93. The van der Waals surface area contributed by atoms with Crippen LogP contribution in [0.25, 0.3) is 22.9 Å². The summed E-state index contributed by atoms with van der Waals surface area (Å²) in [6, 6.07) is 12.3. The van der Waals surface area contributed by atoms with Crippen LogP contribution in [0, 0.1) is 18.3 Å². The minimum atomic E-state index is -2.96. The molecule has 7 heteroatoms. The number of ether oxygens (including phenoxy) is 1. The third kappa shape index (κ3) is 3.30. The van der Waals surface area contributed by atoms with Crippen molar-refractivity contribution in [3.05, 3.63) is 69.1 Å². The molecule has 0 radical (unpaired) electrons. The van der Waals surface area contributed by atoms with Gasteiger partial charge in [-0.05, 0) is 41.5 Å². The molecule has 0 spiro atoms. The van der Waals surface area contributed by atoms with E-state index in [0.717, 1.165) is 10.8 Å². The van der Waals surface area contributed by atoms with Crippen LogP contribution in [0.1, 0.15) is 22.4 Å². The van der Waals surface area contributed by atoms with Crippen LogP contribution in [-0.4, -0.2) is 16.8 Å². The number of aromatic amines is 1. The second-order valence-corrected chi connectivity index (χ2v) is 5.46. The molecule has 0 unspecified atom stereocenters. The Hall–Kier alpha value is -3.53. The van der Waals surface area contributed by atoms with Gasteiger partial charge >= 0.3 is 6.61 Å². The largest absolute Gasteiger partial charge is 0.434 e. The van der Waals surface area contributed by atoms with Crippen molar-refractivity contribution in [3.8, 4) is 11.8 Å². The van der Waals surface area contributed by atoms with E-state index < -0.39 is 12.2 Å². The fraction of sp³-hybridized carbons (Fsp3) is 0.105. The van der Waals surface area contributed by atoms with Gasteiger partial charge in [0, 0.05) is 5.56 Å². The number of benzene rings is 2. The Morgan fingerprint density at radius 1 is 1.23 bits per heavy atom. The lowest BCUT2D eigenvalue weighted by atomic mass is 10.0. The standard InChI is InChI=1S/C19H13F2N3O2/c1-11-15(10-22)18(25)24-23-16(11)8-7-14-13-5-3-2-4-12(13)6-9-17(14)26-19(20)21/h2-9,19H,1H3,(H,24,25)/b8-7+. The molecule has 0 fully saturated rings. The van der Waals surface area contributed by atoms with Gasteiger partial charge in [-0.15, -0.1) is 0 Å². The highest BCUT2D eigenvalue weighted by Gasteiger charge is 2.12. The van der Waals surface area contributed by atoms with Crippen LogP contribution in [0.4, 0.5) is 8.78 Å². The van der Waals surface area contributed by atoms with Gasteiger partial charge in [-0.1, -0.05) is 30.3 Å². The minimum Gasteiger partial charge on any atom is -0.434 e. The quantitative estimate of drug-likeness (QED) is 0.772. The van der Waals surface area contributed by atoms with E-state index in [9.17, 15) is 13.6 Å². The fourth-order valence-corrected chi connectivity index (χ4v) is 2.65. The van der Waals surface area contributed by atoms with E-state index in [1.807, 2.05) is 18.2 Å². The third-order valence-corrected chi connectivity index (χ3v) is 3.93. The zero-order valence-electron chi connectivity index (χ0n) is 13.7. The molecule has 1 aromatic heterocycles. The van der Waals surface area contributed by atoms with Crippen molar-refractivity contribution in [1.82, 2.24) is 10.2 Å². The molecule has 0 aliphatic carbocycles. The average Bonchev–Trinajstić information content (AvgIpc) is 2.62. The number of fused-ring (bicyclic) bond motifs is 1. The Labute approximate surface area is 147 Å². The highest BCUT2D eigenvalue weighted by molar-refractivity contribution is 5.95. The molecule has 0 atom stereocenters. The summed E-state index contributed by atoms with van der Waals surface area (Å²) in [7, 11) is 0. The van der Waals surface area contributed by atoms with Gasteiger partial charge in [-0.2, -0.15) is 19.1 Å². The number of aromatic nitrogens is 2. The number of nitriles is 1. The van der Waals surface area contributed by atoms with E-state index in [1.165, 1.54) is 6.07 Å². The molecule has 130 valence electrons. The summed E-state index contributed by atoms with van der Waals surface area (Å²) >= 11 is 0. The molecule has 0 aliphatic rings. The van der Waals surface area contributed by atoms with Crippen molar-refractivity contribution in [2.75, 3.05) is 0 Å². The van der Waals surface area contributed by atoms with Crippen molar-refractivity contribution in [2.24, 2.45) is 0 Å². The Balaban J connectivity index is 2.15. The van der Waals surface area contributed by atoms with Gasteiger partial charge in [-0.25, -0.2) is 5.10 Å². The molecule has 1 N–H and O–H groups in total. The molecule has 0 saturated heterocycles. The highest BCUT2D eigenvalue weighted by atomic mass is 19.3. The number of hydrogen-bond donors (Lipinski definition) is 1. The summed E-state index contributed by atoms with van der Waals surface area (Å²) in [6.45, 7) is -1.36. The minimum absolute atomic E-state index is 0.0255. The monoisotopic (exact) mass is 353 g/mol. The summed E-state index contributed by atoms with van der Waals surface area (Å²) < 4.78 is 30.1. The van der Waals surface area contributed by atoms with Crippen molar-refractivity contribution < 1.29 is 13.5 Å². The molecule has 0 amide bonds. The van der Waals surface area contributed by atoms with Gasteiger partial charge in [0.1, 0.15) is 17.4 Å². The predicted molar refractivity (Wildman–Crippen MR) is 93.8 cm³/mol. The first kappa shape index (κ1) is 17.3. The Morgan fingerprint density at radius 2 is 2.00 bits per heavy atom. The molecule has 3 rings (SSSR count). The first-order valence-electron chi connectivity index (χ1n) is 7.65. The van der Waals surface area contributed by atoms with Gasteiger partial charge in [0.2, 0.25) is 0 Å². The lowest BCUT2D eigenvalue weighted by Crippen LogP contribution is -2.15. The van der Waals surface area contributed by atoms with E-state index in [2.05, 4.69) is 14.9 Å². The number of nitrogens with zero attached hydrogens (tertiary/aromatic N) is 2. The van der Waals surface area contributed by atoms with Crippen LogP contribution in [0.3, 0.4) is 0 Å². The van der Waals surface area contributed by atoms with Crippen molar-refractivity contribution in [3.63, 3.8) is 0 Å². The maximum Gasteiger partial charge on any atom is 0.387 e. The Kier molecular flexibility index (Phi) is 4.76. The molecule has 5 nitrogen and oxygen atoms in total. The molecule has 0 bridgehead atoms. The second kappa shape index (κ2) is 7.15. The lowest BCUT2D eigenvalue weighted by Gasteiger charge is -2.11. The Morgan fingerprint density at radius 3 is 2.73 bits per heavy atom. The molecule has 0 saturated carbocycles. The average molecular weight is 353 g/mol. The maximum absolute atomic E-state index is 12.7. The van der Waals surface area contributed by atoms with Gasteiger partial charge in [0.25, 0.3) is 5.56 Å². The number of halogens is 2. The van der Waals surface area contributed by atoms with E-state index >= 15 is 0 Å². The molecule has 0 aliphatic heterocycles. The summed E-state index contributed by atoms with van der Waals surface area (Å²) in [5.41, 5.74) is 0.603. The zero-order chi connectivity index (χ0) is 18.7. The number of H-pyrrole nitrogens is 1. The molecular formula is C19H13F2N3O2. The zero-order valence-corrected chi connectivity index (χ0v) is 13.7. The number of alkyl halides is 2. The van der Waals surface area contributed by atoms with E-state index in [4.69, 9.17) is 5.26 Å². The highest BCUT2D eigenvalue weighted by Crippen LogP contribution is 2.31. The second-order valence-electron chi connectivity index (χ2n) is 5.46. The molecule has 3 aromatic rings. The molecule has 26 heavy (non-hydrogen) atoms. The molecule has 1 heterocycles. The van der Waals surface area contributed by atoms with Crippen LogP contribution in [0.5, 0.6) is 5.75 Å². The normalized spacial score (nSPS) is 11.2. The van der Waals surface area contributed by atoms with E-state index in [-0.39, 0.29) is 11.3 Å². The van der Waals surface area contributed by atoms with Crippen molar-refractivity contribution >= 4 is 22.9 Å². The number of hydrogen-bond acceptors (Lipinski definition) is 4. The predicted octanol–water partition coefficient (Wildman–Crippen LogP) is 3.88. The maximum atomic E-state index is 12.7. The van der Waals surface area contributed by atoms with Gasteiger partial charge in [0.05, 0.1) is 5.69 Å². The summed E-state index contributed by atoms with van der Waals surface area (Å²) in [6.07, 6.45) is 3.13. The van der Waals surface area contributed by atoms with Crippen molar-refractivity contribution in [1.29, 1.82) is 5.26 Å². The number of nitrogens with one attached hydrogen (secondary N) is 1. The van der Waals surface area contributed by atoms with Gasteiger partial charge < -0.3 is 4.74 Å². The summed E-state index contributed by atoms with van der Waals surface area (Å²) in [4.78, 5) is 11.6.